The molecule has 19 heavy (non-hydrogen) atoms. The van der Waals surface area contributed by atoms with E-state index in [1.165, 1.54) is 12.0 Å². The van der Waals surface area contributed by atoms with E-state index in [1.807, 2.05) is 21.0 Å². The molecular weight excluding hydrogens is 236 g/mol. The molecule has 1 rings (SSSR count). The summed E-state index contributed by atoms with van der Waals surface area (Å²) >= 11 is 0. The summed E-state index contributed by atoms with van der Waals surface area (Å²) in [5.74, 6) is 1.72. The van der Waals surface area contributed by atoms with Gasteiger partial charge in [-0.25, -0.2) is 0 Å². The molecule has 3 heteroatoms. The molecule has 0 unspecified atom stereocenters. The van der Waals surface area contributed by atoms with Crippen molar-refractivity contribution in [2.75, 3.05) is 32.1 Å². The van der Waals surface area contributed by atoms with Crippen LogP contribution in [0.3, 0.4) is 0 Å². The number of anilines is 1. The minimum absolute atomic E-state index is 0.699. The minimum atomic E-state index is 0.699. The number of hydrogen-bond acceptors (Lipinski definition) is 3. The average molecular weight is 264 g/mol. The first kappa shape index (κ1) is 15.8. The number of ether oxygens (including phenoxy) is 1. The van der Waals surface area contributed by atoms with E-state index < -0.39 is 0 Å². The van der Waals surface area contributed by atoms with Crippen LogP contribution in [-0.2, 0) is 6.54 Å². The van der Waals surface area contributed by atoms with Gasteiger partial charge in [-0.05, 0) is 43.5 Å². The van der Waals surface area contributed by atoms with Gasteiger partial charge in [0.2, 0.25) is 0 Å². The number of nitrogens with zero attached hydrogens (tertiary/aromatic N) is 1. The van der Waals surface area contributed by atoms with Crippen LogP contribution in [0.2, 0.25) is 0 Å². The van der Waals surface area contributed by atoms with Gasteiger partial charge in [0.1, 0.15) is 5.75 Å². The molecule has 0 radical (unpaired) electrons. The van der Waals surface area contributed by atoms with Crippen LogP contribution in [0.15, 0.2) is 18.2 Å². The quantitative estimate of drug-likeness (QED) is 0.729. The van der Waals surface area contributed by atoms with Gasteiger partial charge in [-0.1, -0.05) is 19.9 Å². The molecule has 0 spiro atoms. The summed E-state index contributed by atoms with van der Waals surface area (Å²) in [5.41, 5.74) is 2.41. The second-order valence-electron chi connectivity index (χ2n) is 5.49. The van der Waals surface area contributed by atoms with Gasteiger partial charge < -0.3 is 15.0 Å². The van der Waals surface area contributed by atoms with Crippen LogP contribution >= 0.6 is 0 Å². The molecule has 3 nitrogen and oxygen atoms in total. The summed E-state index contributed by atoms with van der Waals surface area (Å²) in [6.45, 7) is 9.19. The Balaban J connectivity index is 2.62. The van der Waals surface area contributed by atoms with Crippen molar-refractivity contribution in [2.24, 2.45) is 5.92 Å². The molecular formula is C16H28N2O. The predicted octanol–water partition coefficient (Wildman–Crippen LogP) is 3.29. The van der Waals surface area contributed by atoms with E-state index in [0.717, 1.165) is 30.4 Å². The van der Waals surface area contributed by atoms with Gasteiger partial charge in [-0.3, -0.25) is 0 Å². The predicted molar refractivity (Wildman–Crippen MR) is 83.1 cm³/mol. The normalized spacial score (nSPS) is 10.8. The van der Waals surface area contributed by atoms with Crippen LogP contribution in [0.4, 0.5) is 5.69 Å². The summed E-state index contributed by atoms with van der Waals surface area (Å²) in [6, 6.07) is 6.44. The second kappa shape index (κ2) is 8.05. The first-order chi connectivity index (χ1) is 9.04. The van der Waals surface area contributed by atoms with Crippen LogP contribution in [0, 0.1) is 5.92 Å². The fourth-order valence-electron chi connectivity index (χ4n) is 1.93. The van der Waals surface area contributed by atoms with Gasteiger partial charge in [-0.2, -0.15) is 0 Å². The lowest BCUT2D eigenvalue weighted by molar-refractivity contribution is 0.340. The van der Waals surface area contributed by atoms with E-state index >= 15 is 0 Å². The molecule has 0 bridgehead atoms. The summed E-state index contributed by atoms with van der Waals surface area (Å²) < 4.78 is 5.71. The topological polar surface area (TPSA) is 24.5 Å². The van der Waals surface area contributed by atoms with Crippen molar-refractivity contribution in [3.63, 3.8) is 0 Å². The highest BCUT2D eigenvalue weighted by Crippen LogP contribution is 2.28. The molecule has 0 fully saturated rings. The lowest BCUT2D eigenvalue weighted by Gasteiger charge is -2.18. The Morgan fingerprint density at radius 3 is 2.58 bits per heavy atom. The zero-order valence-corrected chi connectivity index (χ0v) is 13.0. The molecule has 108 valence electrons. The van der Waals surface area contributed by atoms with E-state index in [9.17, 15) is 0 Å². The molecule has 0 amide bonds. The van der Waals surface area contributed by atoms with Gasteiger partial charge in [0.25, 0.3) is 0 Å². The Bertz CT molecular complexity index is 375. The highest BCUT2D eigenvalue weighted by Gasteiger charge is 2.06. The SMILES string of the molecule is CCOc1cc(CNCCC(C)C)ccc1N(C)C. The standard InChI is InChI=1S/C16H28N2O/c1-6-19-16-11-14(7-8-15(16)18(4)5)12-17-10-9-13(2)3/h7-8,11,13,17H,6,9-10,12H2,1-5H3. The molecule has 1 N–H and O–H groups in total. The van der Waals surface area contributed by atoms with Crippen LogP contribution in [-0.4, -0.2) is 27.2 Å². The molecule has 1 aromatic carbocycles. The van der Waals surface area contributed by atoms with Crippen molar-refractivity contribution in [1.29, 1.82) is 0 Å². The van der Waals surface area contributed by atoms with Crippen LogP contribution in [0.1, 0.15) is 32.8 Å². The third-order valence-corrected chi connectivity index (χ3v) is 3.03. The number of hydrogen-bond donors (Lipinski definition) is 1. The molecule has 0 saturated heterocycles. The maximum Gasteiger partial charge on any atom is 0.142 e. The lowest BCUT2D eigenvalue weighted by atomic mass is 10.1. The molecule has 0 aliphatic carbocycles. The first-order valence-electron chi connectivity index (χ1n) is 7.18. The minimum Gasteiger partial charge on any atom is -0.492 e. The van der Waals surface area contributed by atoms with E-state index in [-0.39, 0.29) is 0 Å². The van der Waals surface area contributed by atoms with Crippen molar-refractivity contribution < 1.29 is 4.74 Å². The van der Waals surface area contributed by atoms with Gasteiger partial charge in [0, 0.05) is 20.6 Å². The Kier molecular flexibility index (Phi) is 6.71. The van der Waals surface area contributed by atoms with Gasteiger partial charge in [0.05, 0.1) is 12.3 Å². The number of rotatable bonds is 8. The summed E-state index contributed by atoms with van der Waals surface area (Å²) in [6.07, 6.45) is 1.22. The summed E-state index contributed by atoms with van der Waals surface area (Å²) in [7, 11) is 4.08. The third kappa shape index (κ3) is 5.52. The Morgan fingerprint density at radius 1 is 1.26 bits per heavy atom. The van der Waals surface area contributed by atoms with Crippen molar-refractivity contribution in [3.8, 4) is 5.75 Å². The van der Waals surface area contributed by atoms with Gasteiger partial charge >= 0.3 is 0 Å². The fourth-order valence-corrected chi connectivity index (χ4v) is 1.93. The molecule has 0 aliphatic rings. The smallest absolute Gasteiger partial charge is 0.142 e. The van der Waals surface area contributed by atoms with E-state index in [2.05, 4.69) is 42.3 Å². The Hall–Kier alpha value is -1.22. The Labute approximate surface area is 118 Å². The maximum atomic E-state index is 5.71. The highest BCUT2D eigenvalue weighted by atomic mass is 16.5. The highest BCUT2D eigenvalue weighted by molar-refractivity contribution is 5.58. The number of benzene rings is 1. The monoisotopic (exact) mass is 264 g/mol. The maximum absolute atomic E-state index is 5.71. The largest absolute Gasteiger partial charge is 0.492 e. The van der Waals surface area contributed by atoms with Gasteiger partial charge in [-0.15, -0.1) is 0 Å². The molecule has 0 aliphatic heterocycles. The fraction of sp³-hybridized carbons (Fsp3) is 0.625. The van der Waals surface area contributed by atoms with Crippen molar-refractivity contribution in [2.45, 2.75) is 33.7 Å². The van der Waals surface area contributed by atoms with E-state index in [4.69, 9.17) is 4.74 Å². The molecule has 1 aromatic rings. The van der Waals surface area contributed by atoms with Crippen molar-refractivity contribution >= 4 is 5.69 Å². The zero-order valence-electron chi connectivity index (χ0n) is 13.0. The van der Waals surface area contributed by atoms with E-state index in [1.54, 1.807) is 0 Å². The Morgan fingerprint density at radius 2 is 2.00 bits per heavy atom. The average Bonchev–Trinajstić information content (AvgIpc) is 2.35. The molecule has 0 heterocycles. The second-order valence-corrected chi connectivity index (χ2v) is 5.49. The van der Waals surface area contributed by atoms with Crippen LogP contribution < -0.4 is 15.0 Å². The summed E-state index contributed by atoms with van der Waals surface area (Å²) in [5, 5.41) is 3.48. The molecule has 0 atom stereocenters. The van der Waals surface area contributed by atoms with Crippen LogP contribution in [0.5, 0.6) is 5.75 Å². The van der Waals surface area contributed by atoms with E-state index in [0.29, 0.717) is 6.61 Å². The first-order valence-corrected chi connectivity index (χ1v) is 7.18. The van der Waals surface area contributed by atoms with Gasteiger partial charge in [0.15, 0.2) is 0 Å². The van der Waals surface area contributed by atoms with Crippen LogP contribution in [0.25, 0.3) is 0 Å². The zero-order chi connectivity index (χ0) is 14.3. The molecule has 0 saturated carbocycles. The lowest BCUT2D eigenvalue weighted by Crippen LogP contribution is -2.17. The number of nitrogens with one attached hydrogen (secondary N) is 1. The van der Waals surface area contributed by atoms with Crippen molar-refractivity contribution in [3.05, 3.63) is 23.8 Å². The third-order valence-electron chi connectivity index (χ3n) is 3.03. The van der Waals surface area contributed by atoms with Crippen molar-refractivity contribution in [1.82, 2.24) is 5.32 Å². The molecule has 0 aromatic heterocycles. The summed E-state index contributed by atoms with van der Waals surface area (Å²) in [4.78, 5) is 2.08.